The van der Waals surface area contributed by atoms with Gasteiger partial charge in [0, 0.05) is 32.5 Å². The zero-order chi connectivity index (χ0) is 20.5. The lowest BCUT2D eigenvalue weighted by Crippen LogP contribution is -2.55. The second kappa shape index (κ2) is 7.79. The summed E-state index contributed by atoms with van der Waals surface area (Å²) in [6.45, 7) is 1.39. The van der Waals surface area contributed by atoms with E-state index in [9.17, 15) is 19.6 Å². The fourth-order valence-electron chi connectivity index (χ4n) is 3.44. The average Bonchev–Trinajstić information content (AvgIpc) is 2.94. The highest BCUT2D eigenvalue weighted by Crippen LogP contribution is 2.26. The molecule has 0 amide bonds. The zero-order valence-corrected chi connectivity index (χ0v) is 15.9. The largest absolute Gasteiger partial charge is 0.419 e. The number of aromatic nitrogens is 1. The first-order valence-electron chi connectivity index (χ1n) is 9.39. The number of nitrogens with one attached hydrogen (secondary N) is 2. The van der Waals surface area contributed by atoms with Gasteiger partial charge in [0.2, 0.25) is 0 Å². The van der Waals surface area contributed by atoms with Crippen LogP contribution in [0.1, 0.15) is 5.56 Å². The van der Waals surface area contributed by atoms with E-state index in [1.54, 1.807) is 37.4 Å². The molecule has 7 nitrogen and oxygen atoms in total. The number of oxazole rings is 1. The number of aryl methyl sites for hydroxylation is 1. The molecule has 3 aromatic rings. The fourth-order valence-corrected chi connectivity index (χ4v) is 3.44. The Kier molecular flexibility index (Phi) is 5.20. The number of rotatable bonds is 6. The number of fused-ring (bicyclic) bond motifs is 1. The summed E-state index contributed by atoms with van der Waals surface area (Å²) < 4.78 is 21.2. The van der Waals surface area contributed by atoms with Crippen molar-refractivity contribution in [3.63, 3.8) is 0 Å². The van der Waals surface area contributed by atoms with E-state index in [1.807, 2.05) is 0 Å². The molecule has 2 aromatic carbocycles. The van der Waals surface area contributed by atoms with E-state index in [-0.39, 0.29) is 12.3 Å². The number of nitrogens with zero attached hydrogens (tertiary/aromatic N) is 2. The van der Waals surface area contributed by atoms with Crippen LogP contribution in [0.4, 0.5) is 4.39 Å². The molecular formula is C21H21FN4O3. The van der Waals surface area contributed by atoms with Crippen molar-refractivity contribution in [3.8, 4) is 17.2 Å². The first-order chi connectivity index (χ1) is 14.0. The minimum absolute atomic E-state index is 0.0619. The van der Waals surface area contributed by atoms with Crippen molar-refractivity contribution < 1.29 is 13.9 Å². The van der Waals surface area contributed by atoms with Gasteiger partial charge in [-0.05, 0) is 34.9 Å². The van der Waals surface area contributed by atoms with Gasteiger partial charge in [0.25, 0.3) is 0 Å². The molecule has 150 valence electrons. The van der Waals surface area contributed by atoms with Crippen LogP contribution in [0.3, 0.4) is 0 Å². The minimum atomic E-state index is -0.795. The van der Waals surface area contributed by atoms with Gasteiger partial charge >= 0.3 is 5.76 Å². The summed E-state index contributed by atoms with van der Waals surface area (Å²) in [7, 11) is 1.62. The number of hydrogen-bond donors (Lipinski definition) is 3. The van der Waals surface area contributed by atoms with Gasteiger partial charge in [-0.3, -0.25) is 9.88 Å². The Morgan fingerprint density at radius 1 is 1.34 bits per heavy atom. The lowest BCUT2D eigenvalue weighted by atomic mass is 9.98. The highest BCUT2D eigenvalue weighted by molar-refractivity contribution is 5.80. The molecule has 1 aromatic heterocycles. The van der Waals surface area contributed by atoms with Crippen LogP contribution in [-0.2, 0) is 13.5 Å². The van der Waals surface area contributed by atoms with Gasteiger partial charge in [0.1, 0.15) is 18.1 Å². The molecule has 2 heterocycles. The quantitative estimate of drug-likeness (QED) is 0.546. The molecule has 0 bridgehead atoms. The van der Waals surface area contributed by atoms with E-state index in [0.29, 0.717) is 35.3 Å². The van der Waals surface area contributed by atoms with Crippen molar-refractivity contribution in [1.29, 1.82) is 5.26 Å². The molecule has 2 unspecified atom stereocenters. The molecule has 1 fully saturated rings. The molecular weight excluding hydrogens is 375 g/mol. The van der Waals surface area contributed by atoms with E-state index >= 15 is 0 Å². The Hall–Kier alpha value is -2.99. The maximum absolute atomic E-state index is 14.7. The molecule has 0 aliphatic carbocycles. The van der Waals surface area contributed by atoms with Gasteiger partial charge < -0.3 is 14.8 Å². The van der Waals surface area contributed by atoms with Gasteiger partial charge in [-0.25, -0.2) is 9.18 Å². The topological polar surface area (TPSA) is 103 Å². The van der Waals surface area contributed by atoms with Crippen molar-refractivity contribution in [2.45, 2.75) is 18.7 Å². The third-order valence-corrected chi connectivity index (χ3v) is 5.39. The first-order valence-corrected chi connectivity index (χ1v) is 9.39. The molecule has 0 radical (unpaired) electrons. The lowest BCUT2D eigenvalue weighted by molar-refractivity contribution is 0.0429. The molecule has 1 saturated heterocycles. The van der Waals surface area contributed by atoms with Crippen LogP contribution in [0.25, 0.3) is 22.2 Å². The number of nitriles is 1. The highest BCUT2D eigenvalue weighted by atomic mass is 19.1. The Balaban J connectivity index is 1.53. The SMILES string of the molecule is Cn1c(=O)oc2ccc(-c3ccc(CC(C#N)NC(O)C4CNC4)c(F)c3)cc21. The third kappa shape index (κ3) is 3.80. The average molecular weight is 396 g/mol. The number of aliphatic hydroxyl groups is 1. The van der Waals surface area contributed by atoms with Crippen molar-refractivity contribution in [1.82, 2.24) is 15.2 Å². The number of hydrogen-bond acceptors (Lipinski definition) is 6. The lowest BCUT2D eigenvalue weighted by Gasteiger charge is -2.33. The van der Waals surface area contributed by atoms with E-state index in [1.165, 1.54) is 10.6 Å². The van der Waals surface area contributed by atoms with Gasteiger partial charge in [0.15, 0.2) is 5.58 Å². The van der Waals surface area contributed by atoms with Crippen molar-refractivity contribution in [3.05, 3.63) is 58.3 Å². The minimum Gasteiger partial charge on any atom is -0.408 e. The first kappa shape index (κ1) is 19.3. The maximum atomic E-state index is 14.7. The molecule has 3 N–H and O–H groups in total. The molecule has 0 spiro atoms. The standard InChI is InChI=1S/C21H21FN4O3/c1-26-18-8-13(4-5-19(18)29-21(26)28)12-2-3-14(17(22)7-12)6-16(9-23)25-20(27)15-10-24-11-15/h2-5,7-8,15-16,20,24-25,27H,6,10-11H2,1H3. The van der Waals surface area contributed by atoms with Crippen LogP contribution in [0.2, 0.25) is 0 Å². The zero-order valence-electron chi connectivity index (χ0n) is 15.9. The summed E-state index contributed by atoms with van der Waals surface area (Å²) in [6.07, 6.45) is -0.647. The summed E-state index contributed by atoms with van der Waals surface area (Å²) in [5.41, 5.74) is 2.90. The van der Waals surface area contributed by atoms with Gasteiger partial charge in [0.05, 0.1) is 11.6 Å². The Morgan fingerprint density at radius 3 is 2.72 bits per heavy atom. The summed E-state index contributed by atoms with van der Waals surface area (Å²) in [5.74, 6) is -0.814. The molecule has 0 saturated carbocycles. The molecule has 8 heteroatoms. The number of halogens is 1. The van der Waals surface area contributed by atoms with Crippen LogP contribution in [0, 0.1) is 23.1 Å². The predicted octanol–water partition coefficient (Wildman–Crippen LogP) is 1.50. The monoisotopic (exact) mass is 396 g/mol. The second-order valence-electron chi connectivity index (χ2n) is 7.33. The van der Waals surface area contributed by atoms with Crippen molar-refractivity contribution in [2.24, 2.45) is 13.0 Å². The van der Waals surface area contributed by atoms with Crippen molar-refractivity contribution in [2.75, 3.05) is 13.1 Å². The summed E-state index contributed by atoms with van der Waals surface area (Å²) >= 11 is 0. The van der Waals surface area contributed by atoms with Crippen LogP contribution >= 0.6 is 0 Å². The van der Waals surface area contributed by atoms with Gasteiger partial charge in [-0.2, -0.15) is 5.26 Å². The van der Waals surface area contributed by atoms with E-state index < -0.39 is 23.8 Å². The van der Waals surface area contributed by atoms with Crippen molar-refractivity contribution >= 4 is 11.1 Å². The van der Waals surface area contributed by atoms with Gasteiger partial charge in [-0.15, -0.1) is 0 Å². The molecule has 29 heavy (non-hydrogen) atoms. The van der Waals surface area contributed by atoms with Crippen LogP contribution < -0.4 is 16.4 Å². The molecule has 4 rings (SSSR count). The van der Waals surface area contributed by atoms with Crippen LogP contribution in [0.15, 0.2) is 45.6 Å². The van der Waals surface area contributed by atoms with E-state index in [0.717, 1.165) is 5.56 Å². The van der Waals surface area contributed by atoms with Crippen LogP contribution in [0.5, 0.6) is 0 Å². The Bertz CT molecular complexity index is 1140. The number of aliphatic hydroxyl groups excluding tert-OH is 1. The predicted molar refractivity (Wildman–Crippen MR) is 105 cm³/mol. The smallest absolute Gasteiger partial charge is 0.408 e. The second-order valence-corrected chi connectivity index (χ2v) is 7.33. The van der Waals surface area contributed by atoms with E-state index in [2.05, 4.69) is 16.7 Å². The number of benzene rings is 2. The summed E-state index contributed by atoms with van der Waals surface area (Å²) in [6, 6.07) is 11.5. The molecule has 2 atom stereocenters. The highest BCUT2D eigenvalue weighted by Gasteiger charge is 2.27. The Morgan fingerprint density at radius 2 is 2.07 bits per heavy atom. The molecule has 1 aliphatic rings. The Labute approximate surface area is 166 Å². The summed E-state index contributed by atoms with van der Waals surface area (Å²) in [5, 5.41) is 25.4. The third-order valence-electron chi connectivity index (χ3n) is 5.39. The van der Waals surface area contributed by atoms with Crippen LogP contribution in [-0.4, -0.2) is 35.0 Å². The summed E-state index contributed by atoms with van der Waals surface area (Å²) in [4.78, 5) is 11.6. The normalized spacial score (nSPS) is 16.3. The van der Waals surface area contributed by atoms with E-state index in [4.69, 9.17) is 4.42 Å². The molecule has 1 aliphatic heterocycles. The van der Waals surface area contributed by atoms with Gasteiger partial charge in [-0.1, -0.05) is 18.2 Å². The fraction of sp³-hybridized carbons (Fsp3) is 0.333. The maximum Gasteiger partial charge on any atom is 0.419 e.